The fraction of sp³-hybridized carbons (Fsp3) is 0.212. The van der Waals surface area contributed by atoms with E-state index in [4.69, 9.17) is 32.4 Å². The summed E-state index contributed by atoms with van der Waals surface area (Å²) in [4.78, 5) is 51.6. The standard InChI is InChI=1S/C33H32Cl2N4O7/c1-19-7-4-5-10-25(19)37-33(44)38-26-14-11-20(15-28(26)45-3)16-29(40)39(2)18-22-13-12-21(46-22)17-27(32(42)43)36-31(41)30-23(34)8-6-9-24(30)35/h4-15,27H,16-18H2,1-3H3,(H,36,41)(H,42,43)(H2,37,38,44). The number of carbonyl (C=O) groups is 4. The summed E-state index contributed by atoms with van der Waals surface area (Å²) in [5.74, 6) is -1.11. The van der Waals surface area contributed by atoms with Gasteiger partial charge in [-0.1, -0.05) is 53.5 Å². The molecule has 4 aromatic rings. The zero-order valence-corrected chi connectivity index (χ0v) is 26.7. The molecule has 1 heterocycles. The maximum Gasteiger partial charge on any atom is 0.326 e. The maximum atomic E-state index is 13.0. The van der Waals surface area contributed by atoms with E-state index in [1.165, 1.54) is 24.1 Å². The van der Waals surface area contributed by atoms with Crippen molar-refractivity contribution in [2.45, 2.75) is 32.4 Å². The number of hydrogen-bond acceptors (Lipinski definition) is 6. The third-order valence-electron chi connectivity index (χ3n) is 7.00. The number of furan rings is 1. The van der Waals surface area contributed by atoms with E-state index in [1.54, 1.807) is 49.5 Å². The fourth-order valence-electron chi connectivity index (χ4n) is 4.53. The molecule has 0 aliphatic heterocycles. The Morgan fingerprint density at radius 3 is 2.26 bits per heavy atom. The van der Waals surface area contributed by atoms with Crippen molar-refractivity contribution in [3.8, 4) is 5.75 Å². The molecule has 0 spiro atoms. The molecule has 4 amide bonds. The van der Waals surface area contributed by atoms with Gasteiger partial charge in [-0.25, -0.2) is 9.59 Å². The molecule has 11 nitrogen and oxygen atoms in total. The van der Waals surface area contributed by atoms with Gasteiger partial charge in [0.25, 0.3) is 5.91 Å². The number of amides is 4. The molecule has 3 aromatic carbocycles. The Labute approximate surface area is 275 Å². The molecule has 1 aromatic heterocycles. The predicted octanol–water partition coefficient (Wildman–Crippen LogP) is 6.17. The summed E-state index contributed by atoms with van der Waals surface area (Å²) in [5, 5.41) is 17.9. The van der Waals surface area contributed by atoms with E-state index in [0.717, 1.165) is 5.56 Å². The van der Waals surface area contributed by atoms with Crippen LogP contribution in [0.5, 0.6) is 5.75 Å². The van der Waals surface area contributed by atoms with Gasteiger partial charge in [-0.3, -0.25) is 9.59 Å². The normalized spacial score (nSPS) is 11.3. The third kappa shape index (κ3) is 8.80. The monoisotopic (exact) mass is 666 g/mol. The van der Waals surface area contributed by atoms with Crippen molar-refractivity contribution in [2.75, 3.05) is 24.8 Å². The van der Waals surface area contributed by atoms with Crippen LogP contribution in [0, 0.1) is 6.92 Å². The average Bonchev–Trinajstić information content (AvgIpc) is 3.45. The molecule has 0 saturated carbocycles. The van der Waals surface area contributed by atoms with Gasteiger partial charge < -0.3 is 35.1 Å². The SMILES string of the molecule is COc1cc(CC(=O)N(C)Cc2ccc(CC(NC(=O)c3c(Cl)cccc3Cl)C(=O)O)o2)ccc1NC(=O)Nc1ccccc1C. The van der Waals surface area contributed by atoms with E-state index in [2.05, 4.69) is 16.0 Å². The first-order valence-electron chi connectivity index (χ1n) is 14.0. The number of carbonyl (C=O) groups excluding carboxylic acids is 3. The maximum absolute atomic E-state index is 13.0. The number of hydrogen-bond donors (Lipinski definition) is 4. The van der Waals surface area contributed by atoms with Crippen LogP contribution in [0.15, 0.2) is 77.2 Å². The second-order valence-corrected chi connectivity index (χ2v) is 11.2. The van der Waals surface area contributed by atoms with Crippen LogP contribution in [0.2, 0.25) is 10.0 Å². The van der Waals surface area contributed by atoms with Gasteiger partial charge in [0, 0.05) is 19.2 Å². The lowest BCUT2D eigenvalue weighted by Gasteiger charge is -2.17. The van der Waals surface area contributed by atoms with Crippen LogP contribution in [0.25, 0.3) is 0 Å². The number of nitrogens with zero attached hydrogens (tertiary/aromatic N) is 1. The van der Waals surface area contributed by atoms with Crippen molar-refractivity contribution in [3.05, 3.63) is 111 Å². The number of nitrogens with one attached hydrogen (secondary N) is 3. The molecule has 240 valence electrons. The number of urea groups is 1. The van der Waals surface area contributed by atoms with Gasteiger partial charge in [0.2, 0.25) is 5.91 Å². The number of benzene rings is 3. The number of para-hydroxylation sites is 1. The molecule has 4 rings (SSSR count). The van der Waals surface area contributed by atoms with E-state index in [-0.39, 0.29) is 40.9 Å². The quantitative estimate of drug-likeness (QED) is 0.141. The lowest BCUT2D eigenvalue weighted by molar-refractivity contribution is -0.139. The number of likely N-dealkylation sites (N-methyl/N-ethyl adjacent to an activating group) is 1. The summed E-state index contributed by atoms with van der Waals surface area (Å²) >= 11 is 12.2. The smallest absolute Gasteiger partial charge is 0.326 e. The molecule has 1 unspecified atom stereocenters. The Bertz CT molecular complexity index is 1740. The molecule has 13 heteroatoms. The Morgan fingerprint density at radius 2 is 1.59 bits per heavy atom. The van der Waals surface area contributed by atoms with Crippen molar-refractivity contribution in [1.29, 1.82) is 0 Å². The topological polar surface area (TPSA) is 150 Å². The van der Waals surface area contributed by atoms with Crippen LogP contribution in [-0.2, 0) is 29.0 Å². The Balaban J connectivity index is 1.33. The zero-order chi connectivity index (χ0) is 33.4. The highest BCUT2D eigenvalue weighted by molar-refractivity contribution is 6.39. The molecule has 1 atom stereocenters. The largest absolute Gasteiger partial charge is 0.495 e. The average molecular weight is 668 g/mol. The predicted molar refractivity (Wildman–Crippen MR) is 175 cm³/mol. The first kappa shape index (κ1) is 33.9. The van der Waals surface area contributed by atoms with Crippen molar-refractivity contribution in [3.63, 3.8) is 0 Å². The van der Waals surface area contributed by atoms with Crippen molar-refractivity contribution >= 4 is 58.4 Å². The number of carboxylic acids is 1. The number of ether oxygens (including phenoxy) is 1. The highest BCUT2D eigenvalue weighted by Crippen LogP contribution is 2.27. The minimum atomic E-state index is -1.32. The second-order valence-electron chi connectivity index (χ2n) is 10.4. The second kappa shape index (κ2) is 15.3. The number of carboxylic acid groups (broad SMARTS) is 1. The van der Waals surface area contributed by atoms with Crippen LogP contribution in [0.3, 0.4) is 0 Å². The van der Waals surface area contributed by atoms with Crippen LogP contribution < -0.4 is 20.7 Å². The molecule has 0 radical (unpaired) electrons. The van der Waals surface area contributed by atoms with E-state index in [1.807, 2.05) is 25.1 Å². The van der Waals surface area contributed by atoms with E-state index in [9.17, 15) is 24.3 Å². The van der Waals surface area contributed by atoms with Crippen molar-refractivity contribution in [2.24, 2.45) is 0 Å². The Kier molecular flexibility index (Phi) is 11.3. The van der Waals surface area contributed by atoms with Crippen LogP contribution in [0.1, 0.15) is 33.0 Å². The molecule has 4 N–H and O–H groups in total. The number of aliphatic carboxylic acids is 1. The fourth-order valence-corrected chi connectivity index (χ4v) is 5.10. The van der Waals surface area contributed by atoms with Crippen molar-refractivity contribution in [1.82, 2.24) is 10.2 Å². The zero-order valence-electron chi connectivity index (χ0n) is 25.2. The first-order chi connectivity index (χ1) is 21.9. The summed E-state index contributed by atoms with van der Waals surface area (Å²) in [6, 6.07) is 18.5. The van der Waals surface area contributed by atoms with Crippen LogP contribution in [-0.4, -0.2) is 54.0 Å². The van der Waals surface area contributed by atoms with E-state index in [0.29, 0.717) is 34.2 Å². The van der Waals surface area contributed by atoms with Gasteiger partial charge in [0.05, 0.1) is 41.4 Å². The number of rotatable bonds is 12. The molecule has 0 aliphatic rings. The molecule has 0 aliphatic carbocycles. The minimum absolute atomic E-state index is 0.0236. The molecule has 46 heavy (non-hydrogen) atoms. The van der Waals surface area contributed by atoms with E-state index < -0.39 is 23.9 Å². The molecular weight excluding hydrogens is 635 g/mol. The van der Waals surface area contributed by atoms with Crippen molar-refractivity contribution < 1.29 is 33.4 Å². The summed E-state index contributed by atoms with van der Waals surface area (Å²) in [7, 11) is 3.08. The minimum Gasteiger partial charge on any atom is -0.495 e. The lowest BCUT2D eigenvalue weighted by atomic mass is 10.1. The van der Waals surface area contributed by atoms with Gasteiger partial charge in [-0.15, -0.1) is 0 Å². The number of halogens is 2. The molecular formula is C33H32Cl2N4O7. The lowest BCUT2D eigenvalue weighted by Crippen LogP contribution is -2.42. The molecule has 0 fully saturated rings. The number of aryl methyl sites for hydroxylation is 1. The van der Waals surface area contributed by atoms with E-state index >= 15 is 0 Å². The van der Waals surface area contributed by atoms with Gasteiger partial charge in [0.1, 0.15) is 23.3 Å². The Hall–Kier alpha value is -5.00. The summed E-state index contributed by atoms with van der Waals surface area (Å²) < 4.78 is 11.2. The van der Waals surface area contributed by atoms with Gasteiger partial charge in [0.15, 0.2) is 0 Å². The summed E-state index contributed by atoms with van der Waals surface area (Å²) in [6.07, 6.45) is -0.0994. The van der Waals surface area contributed by atoms with Gasteiger partial charge in [-0.2, -0.15) is 0 Å². The van der Waals surface area contributed by atoms with Gasteiger partial charge in [-0.05, 0) is 60.5 Å². The number of anilines is 2. The van der Waals surface area contributed by atoms with Crippen LogP contribution >= 0.6 is 23.2 Å². The molecule has 0 saturated heterocycles. The highest BCUT2D eigenvalue weighted by atomic mass is 35.5. The summed E-state index contributed by atoms with van der Waals surface area (Å²) in [6.45, 7) is 2.01. The Morgan fingerprint density at radius 1 is 0.913 bits per heavy atom. The number of methoxy groups -OCH3 is 1. The first-order valence-corrected chi connectivity index (χ1v) is 14.8. The summed E-state index contributed by atoms with van der Waals surface area (Å²) in [5.41, 5.74) is 2.68. The third-order valence-corrected chi connectivity index (χ3v) is 7.63. The molecule has 0 bridgehead atoms. The highest BCUT2D eigenvalue weighted by Gasteiger charge is 2.25. The van der Waals surface area contributed by atoms with Gasteiger partial charge >= 0.3 is 12.0 Å². The van der Waals surface area contributed by atoms with Crippen LogP contribution in [0.4, 0.5) is 16.2 Å².